The van der Waals surface area contributed by atoms with Crippen molar-refractivity contribution in [2.45, 2.75) is 39.2 Å². The lowest BCUT2D eigenvalue weighted by Crippen LogP contribution is -2.31. The molecule has 0 saturated heterocycles. The molecule has 0 amide bonds. The molecule has 1 aromatic rings. The van der Waals surface area contributed by atoms with Crippen molar-refractivity contribution in [1.82, 2.24) is 4.98 Å². The van der Waals surface area contributed by atoms with Crippen LogP contribution >= 0.6 is 0 Å². The molecule has 0 aromatic carbocycles. The fourth-order valence-electron chi connectivity index (χ4n) is 2.26. The fraction of sp³-hybridized carbons (Fsp3) is 0.583. The van der Waals surface area contributed by atoms with Gasteiger partial charge in [-0.05, 0) is 30.4 Å². The minimum atomic E-state index is -0.421. The van der Waals surface area contributed by atoms with Gasteiger partial charge in [-0.1, -0.05) is 26.3 Å². The second-order valence-electron chi connectivity index (χ2n) is 4.92. The van der Waals surface area contributed by atoms with Crippen LogP contribution in [0.1, 0.15) is 33.1 Å². The summed E-state index contributed by atoms with van der Waals surface area (Å²) in [4.78, 5) is 3.82. The lowest BCUT2D eigenvalue weighted by Gasteiger charge is -2.28. The summed E-state index contributed by atoms with van der Waals surface area (Å²) in [6.07, 6.45) is 3.60. The lowest BCUT2D eigenvalue weighted by atomic mass is 9.87. The Balaban J connectivity index is 2.09. The van der Waals surface area contributed by atoms with Gasteiger partial charge in [-0.15, -0.1) is 0 Å². The summed E-state index contributed by atoms with van der Waals surface area (Å²) in [7, 11) is 0. The first-order valence-corrected chi connectivity index (χ1v) is 5.47. The molecule has 2 nitrogen and oxygen atoms in total. The summed E-state index contributed by atoms with van der Waals surface area (Å²) in [5, 5.41) is 3.32. The van der Waals surface area contributed by atoms with Crippen LogP contribution in [-0.4, -0.2) is 11.0 Å². The van der Waals surface area contributed by atoms with Gasteiger partial charge in [-0.3, -0.25) is 0 Å². The van der Waals surface area contributed by atoms with Gasteiger partial charge >= 0.3 is 0 Å². The molecule has 1 N–H and O–H groups in total. The van der Waals surface area contributed by atoms with Gasteiger partial charge in [0.15, 0.2) is 0 Å². The molecular formula is C12H17FN2. The van der Waals surface area contributed by atoms with Crippen molar-refractivity contribution in [3.8, 4) is 0 Å². The molecule has 82 valence electrons. The molecule has 15 heavy (non-hydrogen) atoms. The van der Waals surface area contributed by atoms with Crippen LogP contribution in [0.25, 0.3) is 0 Å². The standard InChI is InChI=1S/C12H17FN2/c1-12(2)8-4-5-9(12)14-11-7-3-6-10(13)15-11/h3,6-7,9H,4-5,8H2,1-2H3,(H,14,15). The third-order valence-electron chi connectivity index (χ3n) is 3.29. The van der Waals surface area contributed by atoms with Crippen LogP contribution in [0, 0.1) is 11.4 Å². The van der Waals surface area contributed by atoms with Crippen LogP contribution in [0.5, 0.6) is 0 Å². The molecular weight excluding hydrogens is 191 g/mol. The van der Waals surface area contributed by atoms with E-state index in [4.69, 9.17) is 0 Å². The van der Waals surface area contributed by atoms with E-state index >= 15 is 0 Å². The van der Waals surface area contributed by atoms with Gasteiger partial charge in [0.2, 0.25) is 5.95 Å². The Morgan fingerprint density at radius 3 is 2.87 bits per heavy atom. The van der Waals surface area contributed by atoms with Crippen molar-refractivity contribution < 1.29 is 4.39 Å². The number of nitrogens with zero attached hydrogens (tertiary/aromatic N) is 1. The molecule has 1 unspecified atom stereocenters. The second-order valence-corrected chi connectivity index (χ2v) is 4.92. The van der Waals surface area contributed by atoms with Crippen LogP contribution in [0.2, 0.25) is 0 Å². The highest BCUT2D eigenvalue weighted by Crippen LogP contribution is 2.38. The highest BCUT2D eigenvalue weighted by atomic mass is 19.1. The Morgan fingerprint density at radius 2 is 2.27 bits per heavy atom. The number of hydrogen-bond acceptors (Lipinski definition) is 2. The highest BCUT2D eigenvalue weighted by Gasteiger charge is 2.34. The number of nitrogens with one attached hydrogen (secondary N) is 1. The van der Waals surface area contributed by atoms with E-state index in [0.717, 1.165) is 6.42 Å². The summed E-state index contributed by atoms with van der Waals surface area (Å²) in [6.45, 7) is 4.49. The molecule has 1 atom stereocenters. The second kappa shape index (κ2) is 3.80. The minimum Gasteiger partial charge on any atom is -0.367 e. The molecule has 2 rings (SSSR count). The first-order chi connectivity index (χ1) is 7.08. The van der Waals surface area contributed by atoms with Gasteiger partial charge < -0.3 is 5.32 Å². The van der Waals surface area contributed by atoms with E-state index in [-0.39, 0.29) is 5.41 Å². The topological polar surface area (TPSA) is 24.9 Å². The monoisotopic (exact) mass is 208 g/mol. The molecule has 1 heterocycles. The first-order valence-electron chi connectivity index (χ1n) is 5.47. The van der Waals surface area contributed by atoms with Crippen molar-refractivity contribution in [3.05, 3.63) is 24.1 Å². The highest BCUT2D eigenvalue weighted by molar-refractivity contribution is 5.35. The molecule has 3 heteroatoms. The number of rotatable bonds is 2. The maximum atomic E-state index is 12.9. The molecule has 0 bridgehead atoms. The molecule has 1 fully saturated rings. The minimum absolute atomic E-state index is 0.286. The smallest absolute Gasteiger partial charge is 0.214 e. The van der Waals surface area contributed by atoms with E-state index < -0.39 is 5.95 Å². The summed E-state index contributed by atoms with van der Waals surface area (Å²) < 4.78 is 12.9. The Kier molecular flexibility index (Phi) is 2.63. The van der Waals surface area contributed by atoms with E-state index in [1.54, 1.807) is 6.07 Å². The van der Waals surface area contributed by atoms with Crippen molar-refractivity contribution >= 4 is 5.82 Å². The molecule has 1 aromatic heterocycles. The van der Waals surface area contributed by atoms with Gasteiger partial charge in [-0.2, -0.15) is 4.39 Å². The number of hydrogen-bond donors (Lipinski definition) is 1. The normalized spacial score (nSPS) is 24.1. The Hall–Kier alpha value is -1.12. The maximum Gasteiger partial charge on any atom is 0.214 e. The SMILES string of the molecule is CC1(C)CCCC1Nc1cccc(F)n1. The average Bonchev–Trinajstić information content (AvgIpc) is 2.46. The molecule has 0 spiro atoms. The van der Waals surface area contributed by atoms with Crippen LogP contribution in [-0.2, 0) is 0 Å². The first kappa shape index (κ1) is 10.4. The lowest BCUT2D eigenvalue weighted by molar-refractivity contribution is 0.349. The van der Waals surface area contributed by atoms with E-state index in [0.29, 0.717) is 11.9 Å². The zero-order chi connectivity index (χ0) is 10.9. The van der Waals surface area contributed by atoms with E-state index in [1.165, 1.54) is 18.9 Å². The van der Waals surface area contributed by atoms with Crippen molar-refractivity contribution in [1.29, 1.82) is 0 Å². The predicted molar refractivity (Wildman–Crippen MR) is 59.2 cm³/mol. The summed E-state index contributed by atoms with van der Waals surface area (Å²) in [5.74, 6) is 0.228. The number of halogens is 1. The third kappa shape index (κ3) is 2.28. The molecule has 1 aliphatic carbocycles. The van der Waals surface area contributed by atoms with E-state index in [2.05, 4.69) is 24.1 Å². The van der Waals surface area contributed by atoms with E-state index in [9.17, 15) is 4.39 Å². The van der Waals surface area contributed by atoms with Crippen LogP contribution in [0.3, 0.4) is 0 Å². The van der Waals surface area contributed by atoms with Crippen LogP contribution in [0.15, 0.2) is 18.2 Å². The van der Waals surface area contributed by atoms with Crippen LogP contribution < -0.4 is 5.32 Å². The molecule has 0 aliphatic heterocycles. The fourth-order valence-corrected chi connectivity index (χ4v) is 2.26. The average molecular weight is 208 g/mol. The summed E-state index contributed by atoms with van der Waals surface area (Å²) in [6, 6.07) is 5.28. The zero-order valence-electron chi connectivity index (χ0n) is 9.26. The molecule has 1 aliphatic rings. The van der Waals surface area contributed by atoms with Crippen molar-refractivity contribution in [3.63, 3.8) is 0 Å². The number of pyridine rings is 1. The van der Waals surface area contributed by atoms with Gasteiger partial charge in [0.05, 0.1) is 0 Å². The maximum absolute atomic E-state index is 12.9. The summed E-state index contributed by atoms with van der Waals surface area (Å²) >= 11 is 0. The quantitative estimate of drug-likeness (QED) is 0.755. The van der Waals surface area contributed by atoms with Crippen molar-refractivity contribution in [2.24, 2.45) is 5.41 Å². The predicted octanol–water partition coefficient (Wildman–Crippen LogP) is 3.21. The van der Waals surface area contributed by atoms with Crippen molar-refractivity contribution in [2.75, 3.05) is 5.32 Å². The van der Waals surface area contributed by atoms with Crippen LogP contribution in [0.4, 0.5) is 10.2 Å². The van der Waals surface area contributed by atoms with E-state index in [1.807, 2.05) is 6.07 Å². The van der Waals surface area contributed by atoms with Gasteiger partial charge in [0.25, 0.3) is 0 Å². The van der Waals surface area contributed by atoms with Gasteiger partial charge in [0.1, 0.15) is 5.82 Å². The molecule has 0 radical (unpaired) electrons. The Morgan fingerprint density at radius 1 is 1.47 bits per heavy atom. The van der Waals surface area contributed by atoms with Gasteiger partial charge in [-0.25, -0.2) is 4.98 Å². The number of anilines is 1. The number of aromatic nitrogens is 1. The molecule has 1 saturated carbocycles. The van der Waals surface area contributed by atoms with Gasteiger partial charge in [0, 0.05) is 6.04 Å². The zero-order valence-corrected chi connectivity index (χ0v) is 9.26. The summed E-state index contributed by atoms with van der Waals surface area (Å²) in [5.41, 5.74) is 0.286. The largest absolute Gasteiger partial charge is 0.367 e. The Labute approximate surface area is 89.9 Å². The third-order valence-corrected chi connectivity index (χ3v) is 3.29. The Bertz CT molecular complexity index is 349.